The van der Waals surface area contributed by atoms with Crippen LogP contribution in [0.1, 0.15) is 12.5 Å². The number of hydrogen-bond donors (Lipinski definition) is 2. The van der Waals surface area contributed by atoms with Crippen molar-refractivity contribution < 1.29 is 0 Å². The standard InChI is InChI=1S/C18H17ClN4/c1-2-12-8-9-14(19)16(11-12)23-18(20)22-15-7-3-5-13-6-4-10-21-17(13)15/h3-11H,2H2,1H3,(H3,20,22,23). The third kappa shape index (κ3) is 3.43. The van der Waals surface area contributed by atoms with Gasteiger partial charge in [-0.05, 0) is 36.2 Å². The van der Waals surface area contributed by atoms with E-state index in [0.717, 1.165) is 28.7 Å². The molecule has 0 bridgehead atoms. The first-order chi connectivity index (χ1) is 11.2. The Hall–Kier alpha value is -2.59. The second kappa shape index (κ2) is 6.67. The molecule has 3 aromatic rings. The number of hydrogen-bond acceptors (Lipinski definition) is 2. The third-order valence-corrected chi connectivity index (χ3v) is 3.88. The number of halogens is 1. The van der Waals surface area contributed by atoms with E-state index in [1.807, 2.05) is 48.5 Å². The number of aromatic nitrogens is 1. The van der Waals surface area contributed by atoms with Gasteiger partial charge in [0.25, 0.3) is 0 Å². The van der Waals surface area contributed by atoms with Gasteiger partial charge in [0.05, 0.1) is 21.9 Å². The molecular weight excluding hydrogens is 308 g/mol. The van der Waals surface area contributed by atoms with Crippen molar-refractivity contribution in [3.05, 3.63) is 65.3 Å². The van der Waals surface area contributed by atoms with Gasteiger partial charge in [-0.15, -0.1) is 0 Å². The molecule has 0 amide bonds. The maximum atomic E-state index is 6.21. The Morgan fingerprint density at radius 1 is 1.22 bits per heavy atom. The number of pyridine rings is 1. The predicted molar refractivity (Wildman–Crippen MR) is 97.5 cm³/mol. The zero-order valence-electron chi connectivity index (χ0n) is 12.8. The highest BCUT2D eigenvalue weighted by molar-refractivity contribution is 6.33. The third-order valence-electron chi connectivity index (χ3n) is 3.55. The second-order valence-electron chi connectivity index (χ2n) is 5.14. The van der Waals surface area contributed by atoms with Crippen molar-refractivity contribution in [2.45, 2.75) is 13.3 Å². The topological polar surface area (TPSA) is 63.3 Å². The molecule has 0 radical (unpaired) electrons. The Kier molecular flexibility index (Phi) is 4.44. The van der Waals surface area contributed by atoms with Gasteiger partial charge in [-0.25, -0.2) is 4.99 Å². The lowest BCUT2D eigenvalue weighted by Gasteiger charge is -2.09. The van der Waals surface area contributed by atoms with Crippen LogP contribution in [0.3, 0.4) is 0 Å². The summed E-state index contributed by atoms with van der Waals surface area (Å²) in [4.78, 5) is 8.81. The lowest BCUT2D eigenvalue weighted by atomic mass is 10.1. The molecule has 5 heteroatoms. The van der Waals surface area contributed by atoms with Crippen molar-refractivity contribution in [2.24, 2.45) is 10.7 Å². The largest absolute Gasteiger partial charge is 0.369 e. The molecular formula is C18H17ClN4. The predicted octanol–water partition coefficient (Wildman–Crippen LogP) is 4.51. The van der Waals surface area contributed by atoms with Gasteiger partial charge >= 0.3 is 0 Å². The minimum absolute atomic E-state index is 0.276. The summed E-state index contributed by atoms with van der Waals surface area (Å²) in [6, 6.07) is 15.5. The Morgan fingerprint density at radius 2 is 2.04 bits per heavy atom. The molecule has 0 atom stereocenters. The lowest BCUT2D eigenvalue weighted by molar-refractivity contribution is 1.14. The molecule has 1 aromatic heterocycles. The van der Waals surface area contributed by atoms with Crippen LogP contribution in [0.2, 0.25) is 5.02 Å². The molecule has 0 aliphatic rings. The van der Waals surface area contributed by atoms with Gasteiger partial charge in [0, 0.05) is 11.6 Å². The summed E-state index contributed by atoms with van der Waals surface area (Å²) in [6.45, 7) is 2.09. The lowest BCUT2D eigenvalue weighted by Crippen LogP contribution is -2.22. The number of rotatable bonds is 3. The van der Waals surface area contributed by atoms with Gasteiger partial charge < -0.3 is 11.1 Å². The van der Waals surface area contributed by atoms with Crippen LogP contribution in [-0.2, 0) is 6.42 Å². The number of aliphatic imine (C=N–C) groups is 1. The van der Waals surface area contributed by atoms with Crippen LogP contribution in [0.15, 0.2) is 59.7 Å². The van der Waals surface area contributed by atoms with E-state index in [-0.39, 0.29) is 5.96 Å². The first-order valence-electron chi connectivity index (χ1n) is 7.40. The van der Waals surface area contributed by atoms with E-state index < -0.39 is 0 Å². The van der Waals surface area contributed by atoms with Gasteiger partial charge in [0.15, 0.2) is 5.96 Å². The van der Waals surface area contributed by atoms with Crippen LogP contribution in [0.5, 0.6) is 0 Å². The minimum atomic E-state index is 0.276. The number of benzene rings is 2. The summed E-state index contributed by atoms with van der Waals surface area (Å²) in [5, 5.41) is 4.69. The quantitative estimate of drug-likeness (QED) is 0.550. The van der Waals surface area contributed by atoms with Crippen LogP contribution in [0.25, 0.3) is 10.9 Å². The van der Waals surface area contributed by atoms with Crippen molar-refractivity contribution in [2.75, 3.05) is 5.32 Å². The first kappa shape index (κ1) is 15.3. The molecule has 0 spiro atoms. The molecule has 23 heavy (non-hydrogen) atoms. The second-order valence-corrected chi connectivity index (χ2v) is 5.55. The van der Waals surface area contributed by atoms with Crippen LogP contribution in [0, 0.1) is 0 Å². The van der Waals surface area contributed by atoms with Crippen LogP contribution in [0.4, 0.5) is 11.4 Å². The fraction of sp³-hybridized carbons (Fsp3) is 0.111. The van der Waals surface area contributed by atoms with Gasteiger partial charge in [0.2, 0.25) is 0 Å². The average Bonchev–Trinajstić information content (AvgIpc) is 2.57. The number of nitrogens with one attached hydrogen (secondary N) is 1. The minimum Gasteiger partial charge on any atom is -0.369 e. The van der Waals surface area contributed by atoms with Crippen LogP contribution in [-0.4, -0.2) is 10.9 Å². The normalized spacial score (nSPS) is 11.7. The number of nitrogens with zero attached hydrogens (tertiary/aromatic N) is 2. The first-order valence-corrected chi connectivity index (χ1v) is 7.78. The Balaban J connectivity index is 1.93. The van der Waals surface area contributed by atoms with E-state index in [4.69, 9.17) is 17.3 Å². The van der Waals surface area contributed by atoms with Crippen LogP contribution >= 0.6 is 11.6 Å². The van der Waals surface area contributed by atoms with Crippen LogP contribution < -0.4 is 11.1 Å². The van der Waals surface area contributed by atoms with Crippen molar-refractivity contribution in [3.63, 3.8) is 0 Å². The van der Waals surface area contributed by atoms with E-state index in [2.05, 4.69) is 22.2 Å². The van der Waals surface area contributed by atoms with E-state index in [1.54, 1.807) is 6.20 Å². The molecule has 2 aromatic carbocycles. The maximum Gasteiger partial charge on any atom is 0.198 e. The molecule has 3 rings (SSSR count). The Labute approximate surface area is 140 Å². The number of para-hydroxylation sites is 1. The highest BCUT2D eigenvalue weighted by Gasteiger charge is 2.05. The molecule has 0 aliphatic heterocycles. The summed E-state index contributed by atoms with van der Waals surface area (Å²) in [7, 11) is 0. The molecule has 0 saturated carbocycles. The van der Waals surface area contributed by atoms with Crippen molar-refractivity contribution in [1.29, 1.82) is 0 Å². The van der Waals surface area contributed by atoms with Crippen molar-refractivity contribution >= 4 is 39.8 Å². The number of guanidine groups is 1. The van der Waals surface area contributed by atoms with E-state index >= 15 is 0 Å². The maximum absolute atomic E-state index is 6.21. The highest BCUT2D eigenvalue weighted by Crippen LogP contribution is 2.25. The zero-order valence-corrected chi connectivity index (χ0v) is 13.5. The number of aryl methyl sites for hydroxylation is 1. The molecule has 1 heterocycles. The van der Waals surface area contributed by atoms with Gasteiger partial charge in [-0.3, -0.25) is 4.98 Å². The molecule has 4 nitrogen and oxygen atoms in total. The molecule has 116 valence electrons. The highest BCUT2D eigenvalue weighted by atomic mass is 35.5. The van der Waals surface area contributed by atoms with E-state index in [1.165, 1.54) is 5.56 Å². The number of nitrogens with two attached hydrogens (primary N) is 1. The molecule has 3 N–H and O–H groups in total. The Bertz CT molecular complexity index is 869. The monoisotopic (exact) mass is 324 g/mol. The number of anilines is 1. The summed E-state index contributed by atoms with van der Waals surface area (Å²) < 4.78 is 0. The van der Waals surface area contributed by atoms with E-state index in [0.29, 0.717) is 5.02 Å². The zero-order chi connectivity index (χ0) is 16.2. The smallest absolute Gasteiger partial charge is 0.198 e. The Morgan fingerprint density at radius 3 is 2.87 bits per heavy atom. The molecule has 0 aliphatic carbocycles. The van der Waals surface area contributed by atoms with Gasteiger partial charge in [-0.1, -0.05) is 42.8 Å². The summed E-state index contributed by atoms with van der Waals surface area (Å²) >= 11 is 6.21. The number of fused-ring (bicyclic) bond motifs is 1. The summed E-state index contributed by atoms with van der Waals surface area (Å²) in [6.07, 6.45) is 2.67. The SMILES string of the molecule is CCc1ccc(Cl)c(NC(N)=Nc2cccc3cccnc23)c1. The van der Waals surface area contributed by atoms with E-state index in [9.17, 15) is 0 Å². The fourth-order valence-corrected chi connectivity index (χ4v) is 2.53. The van der Waals surface area contributed by atoms with Crippen molar-refractivity contribution in [3.8, 4) is 0 Å². The molecule has 0 saturated heterocycles. The van der Waals surface area contributed by atoms with Gasteiger partial charge in [-0.2, -0.15) is 0 Å². The fourth-order valence-electron chi connectivity index (χ4n) is 2.36. The average molecular weight is 325 g/mol. The molecule has 0 unspecified atom stereocenters. The summed E-state index contributed by atoms with van der Waals surface area (Å²) in [5.41, 5.74) is 9.50. The van der Waals surface area contributed by atoms with Gasteiger partial charge in [0.1, 0.15) is 0 Å². The van der Waals surface area contributed by atoms with Crippen molar-refractivity contribution in [1.82, 2.24) is 4.98 Å². The summed E-state index contributed by atoms with van der Waals surface area (Å²) in [5.74, 6) is 0.276. The molecule has 0 fully saturated rings.